The van der Waals surface area contributed by atoms with Crippen LogP contribution in [0.3, 0.4) is 0 Å². The van der Waals surface area contributed by atoms with Crippen LogP contribution in [0.25, 0.3) is 10.9 Å². The molecule has 5 heteroatoms. The lowest BCUT2D eigenvalue weighted by atomic mass is 10.1. The summed E-state index contributed by atoms with van der Waals surface area (Å²) in [5, 5.41) is 11.8. The zero-order valence-electron chi connectivity index (χ0n) is 9.54. The summed E-state index contributed by atoms with van der Waals surface area (Å²) in [6.07, 6.45) is 1.56. The summed E-state index contributed by atoms with van der Waals surface area (Å²) in [6.45, 7) is 0. The smallest absolute Gasteiger partial charge is 0.363 e. The zero-order valence-corrected chi connectivity index (χ0v) is 9.54. The highest BCUT2D eigenvalue weighted by Crippen LogP contribution is 2.26. The summed E-state index contributed by atoms with van der Waals surface area (Å²) >= 11 is 0. The molecule has 1 N–H and O–H groups in total. The van der Waals surface area contributed by atoms with Crippen LogP contribution in [0.4, 0.5) is 0 Å². The Hall–Kier alpha value is -2.14. The average molecular weight is 232 g/mol. The monoisotopic (exact) mass is 232 g/mol. The van der Waals surface area contributed by atoms with Crippen molar-refractivity contribution in [2.45, 2.75) is 0 Å². The van der Waals surface area contributed by atoms with Gasteiger partial charge in [0.2, 0.25) is 0 Å². The topological polar surface area (TPSA) is 62.7 Å². The molecule has 0 amide bonds. The number of hydrogen-bond acceptors (Lipinski definition) is 5. The number of nitrogens with zero attached hydrogens (tertiary/aromatic N) is 2. The van der Waals surface area contributed by atoms with Crippen molar-refractivity contribution in [3.63, 3.8) is 0 Å². The van der Waals surface area contributed by atoms with Crippen LogP contribution < -0.4 is 0 Å². The fourth-order valence-electron chi connectivity index (χ4n) is 1.55. The lowest BCUT2D eigenvalue weighted by Gasteiger charge is -2.12. The molecule has 2 rings (SSSR count). The van der Waals surface area contributed by atoms with E-state index in [1.165, 1.54) is 11.1 Å². The fourth-order valence-corrected chi connectivity index (χ4v) is 1.55. The highest BCUT2D eigenvalue weighted by atomic mass is 16.7. The average Bonchev–Trinajstić information content (AvgIpc) is 2.27. The first kappa shape index (κ1) is 11.3. The molecule has 17 heavy (non-hydrogen) atoms. The Morgan fingerprint density at radius 2 is 2.12 bits per heavy atom. The second-order valence-electron chi connectivity index (χ2n) is 3.73. The molecule has 0 atom stereocenters. The molecule has 1 heterocycles. The van der Waals surface area contributed by atoms with E-state index >= 15 is 0 Å². The first-order chi connectivity index (χ1) is 8.09. The van der Waals surface area contributed by atoms with Gasteiger partial charge in [-0.05, 0) is 18.2 Å². The third-order valence-electron chi connectivity index (χ3n) is 2.22. The van der Waals surface area contributed by atoms with Gasteiger partial charge >= 0.3 is 5.97 Å². The Labute approximate surface area is 98.2 Å². The molecule has 0 saturated carbocycles. The number of pyridine rings is 1. The van der Waals surface area contributed by atoms with Crippen LogP contribution in [0.1, 0.15) is 10.4 Å². The molecular weight excluding hydrogens is 220 g/mol. The highest BCUT2D eigenvalue weighted by Gasteiger charge is 2.18. The molecule has 0 fully saturated rings. The van der Waals surface area contributed by atoms with Gasteiger partial charge in [-0.3, -0.25) is 4.98 Å². The van der Waals surface area contributed by atoms with Crippen LogP contribution in [0, 0.1) is 0 Å². The Morgan fingerprint density at radius 1 is 1.35 bits per heavy atom. The molecule has 0 spiro atoms. The summed E-state index contributed by atoms with van der Waals surface area (Å²) in [5.74, 6) is -0.764. The summed E-state index contributed by atoms with van der Waals surface area (Å²) < 4.78 is 0. The van der Waals surface area contributed by atoms with E-state index in [1.807, 2.05) is 6.07 Å². The van der Waals surface area contributed by atoms with E-state index in [9.17, 15) is 9.90 Å². The van der Waals surface area contributed by atoms with Gasteiger partial charge in [0, 0.05) is 25.7 Å². The molecule has 0 saturated heterocycles. The van der Waals surface area contributed by atoms with E-state index in [2.05, 4.69) is 4.98 Å². The van der Waals surface area contributed by atoms with Gasteiger partial charge in [0.25, 0.3) is 0 Å². The molecule has 0 aliphatic rings. The van der Waals surface area contributed by atoms with Crippen molar-refractivity contribution in [1.29, 1.82) is 0 Å². The van der Waals surface area contributed by atoms with Crippen molar-refractivity contribution in [3.05, 3.63) is 36.0 Å². The van der Waals surface area contributed by atoms with Gasteiger partial charge in [-0.15, -0.1) is 5.06 Å². The van der Waals surface area contributed by atoms with Gasteiger partial charge in [-0.2, -0.15) is 0 Å². The predicted molar refractivity (Wildman–Crippen MR) is 62.5 cm³/mol. The van der Waals surface area contributed by atoms with Crippen molar-refractivity contribution in [2.24, 2.45) is 0 Å². The molecule has 0 bridgehead atoms. The number of aromatic nitrogens is 1. The van der Waals surface area contributed by atoms with Crippen LogP contribution in [0.5, 0.6) is 5.75 Å². The van der Waals surface area contributed by atoms with Crippen LogP contribution in [-0.4, -0.2) is 35.2 Å². The summed E-state index contributed by atoms with van der Waals surface area (Å²) in [5.41, 5.74) is 0.510. The lowest BCUT2D eigenvalue weighted by Crippen LogP contribution is -2.19. The number of hydroxylamine groups is 2. The molecule has 1 aromatic carbocycles. The van der Waals surface area contributed by atoms with Crippen molar-refractivity contribution < 1.29 is 14.7 Å². The lowest BCUT2D eigenvalue weighted by molar-refractivity contribution is -0.0713. The van der Waals surface area contributed by atoms with Crippen LogP contribution in [-0.2, 0) is 4.84 Å². The number of rotatable bonds is 2. The van der Waals surface area contributed by atoms with Gasteiger partial charge < -0.3 is 9.94 Å². The molecule has 0 aliphatic carbocycles. The summed E-state index contributed by atoms with van der Waals surface area (Å²) in [6, 6.07) is 6.73. The Balaban J connectivity index is 2.58. The first-order valence-electron chi connectivity index (χ1n) is 5.06. The van der Waals surface area contributed by atoms with Gasteiger partial charge in [-0.1, -0.05) is 6.07 Å². The van der Waals surface area contributed by atoms with Gasteiger partial charge in [-0.25, -0.2) is 4.79 Å². The molecular formula is C12H12N2O3. The van der Waals surface area contributed by atoms with E-state index in [1.54, 1.807) is 32.4 Å². The quantitative estimate of drug-likeness (QED) is 0.796. The van der Waals surface area contributed by atoms with E-state index in [0.717, 1.165) is 5.39 Å². The molecule has 0 unspecified atom stereocenters. The van der Waals surface area contributed by atoms with Crippen LogP contribution in [0.2, 0.25) is 0 Å². The number of carbonyl (C=O) groups is 1. The third kappa shape index (κ3) is 2.19. The molecule has 2 aromatic rings. The Kier molecular flexibility index (Phi) is 2.93. The largest absolute Gasteiger partial charge is 0.507 e. The minimum absolute atomic E-state index is 0.0804. The normalized spacial score (nSPS) is 10.8. The third-order valence-corrected chi connectivity index (χ3v) is 2.22. The zero-order chi connectivity index (χ0) is 12.4. The number of fused-ring (bicyclic) bond motifs is 1. The first-order valence-corrected chi connectivity index (χ1v) is 5.06. The second kappa shape index (κ2) is 4.39. The van der Waals surface area contributed by atoms with Crippen molar-refractivity contribution in [1.82, 2.24) is 10.0 Å². The van der Waals surface area contributed by atoms with Gasteiger partial charge in [0.15, 0.2) is 0 Å². The number of aromatic hydroxyl groups is 1. The fraction of sp³-hybridized carbons (Fsp3) is 0.167. The number of phenols is 1. The minimum atomic E-state index is -0.628. The molecule has 0 aliphatic heterocycles. The summed E-state index contributed by atoms with van der Waals surface area (Å²) in [7, 11) is 3.18. The van der Waals surface area contributed by atoms with E-state index in [0.29, 0.717) is 5.52 Å². The maximum atomic E-state index is 11.8. The molecule has 88 valence electrons. The predicted octanol–water partition coefficient (Wildman–Crippen LogP) is 1.57. The number of phenolic OH excluding ortho intramolecular Hbond substituents is 1. The second-order valence-corrected chi connectivity index (χ2v) is 3.73. The maximum absolute atomic E-state index is 11.8. The van der Waals surface area contributed by atoms with E-state index < -0.39 is 5.97 Å². The maximum Gasteiger partial charge on any atom is 0.363 e. The molecule has 1 aromatic heterocycles. The molecule has 5 nitrogen and oxygen atoms in total. The van der Waals surface area contributed by atoms with Gasteiger partial charge in [0.05, 0.1) is 5.52 Å². The number of benzene rings is 1. The standard InChI is InChI=1S/C12H12N2O3/c1-14(2)17-12(16)10-9(15)6-5-8-4-3-7-13-11(8)10/h3-7,15H,1-2H3. The van der Waals surface area contributed by atoms with E-state index in [-0.39, 0.29) is 11.3 Å². The van der Waals surface area contributed by atoms with Gasteiger partial charge in [0.1, 0.15) is 11.3 Å². The van der Waals surface area contributed by atoms with Crippen molar-refractivity contribution in [3.8, 4) is 5.75 Å². The Bertz CT molecular complexity index is 567. The van der Waals surface area contributed by atoms with Crippen molar-refractivity contribution in [2.75, 3.05) is 14.1 Å². The highest BCUT2D eigenvalue weighted by molar-refractivity contribution is 6.05. The van der Waals surface area contributed by atoms with Crippen LogP contribution in [0.15, 0.2) is 30.5 Å². The van der Waals surface area contributed by atoms with E-state index in [4.69, 9.17) is 4.84 Å². The summed E-state index contributed by atoms with van der Waals surface area (Å²) in [4.78, 5) is 20.8. The number of carbonyl (C=O) groups excluding carboxylic acids is 1. The Morgan fingerprint density at radius 3 is 2.82 bits per heavy atom. The van der Waals surface area contributed by atoms with Crippen molar-refractivity contribution >= 4 is 16.9 Å². The number of hydrogen-bond donors (Lipinski definition) is 1. The van der Waals surface area contributed by atoms with Crippen LogP contribution >= 0.6 is 0 Å². The minimum Gasteiger partial charge on any atom is -0.507 e. The SMILES string of the molecule is CN(C)OC(=O)c1c(O)ccc2cccnc12. The molecule has 0 radical (unpaired) electrons.